The molecule has 8 heteroatoms. The van der Waals surface area contributed by atoms with Crippen molar-refractivity contribution >= 4 is 27.5 Å². The summed E-state index contributed by atoms with van der Waals surface area (Å²) in [6.07, 6.45) is 0. The number of primary sulfonamides is 1. The molecule has 0 unspecified atom stereocenters. The first kappa shape index (κ1) is 14.5. The third-order valence-electron chi connectivity index (χ3n) is 2.42. The minimum absolute atomic E-state index is 0.249. The van der Waals surface area contributed by atoms with Gasteiger partial charge in [-0.3, -0.25) is 10.1 Å². The molecule has 0 fully saturated rings. The molecule has 0 heterocycles. The smallest absolute Gasteiger partial charge is 0.258 e. The van der Waals surface area contributed by atoms with E-state index in [0.717, 1.165) is 11.0 Å². The summed E-state index contributed by atoms with van der Waals surface area (Å²) >= 11 is 1.18. The van der Waals surface area contributed by atoms with E-state index in [1.165, 1.54) is 23.9 Å². The normalized spacial score (nSPS) is 11.2. The van der Waals surface area contributed by atoms with Crippen LogP contribution in [0.1, 0.15) is 0 Å². The van der Waals surface area contributed by atoms with E-state index in [4.69, 9.17) is 5.14 Å². The Morgan fingerprint density at radius 1 is 1.10 bits per heavy atom. The van der Waals surface area contributed by atoms with Gasteiger partial charge in [0.15, 0.2) is 0 Å². The Balaban J connectivity index is 2.50. The summed E-state index contributed by atoms with van der Waals surface area (Å²) in [5.74, 6) is 0. The zero-order valence-corrected chi connectivity index (χ0v) is 11.7. The summed E-state index contributed by atoms with van der Waals surface area (Å²) in [6, 6.07) is 12.7. The number of benzene rings is 2. The number of nitrogens with zero attached hydrogens (tertiary/aromatic N) is 1. The number of rotatable bonds is 4. The molecule has 2 N–H and O–H groups in total. The topological polar surface area (TPSA) is 103 Å². The maximum absolute atomic E-state index is 11.6. The van der Waals surface area contributed by atoms with E-state index in [1.807, 2.05) is 18.2 Å². The lowest BCUT2D eigenvalue weighted by Gasteiger charge is -2.07. The molecule has 0 amide bonds. The van der Waals surface area contributed by atoms with Gasteiger partial charge < -0.3 is 0 Å². The molecule has 20 heavy (non-hydrogen) atoms. The maximum Gasteiger partial charge on any atom is 0.270 e. The summed E-state index contributed by atoms with van der Waals surface area (Å²) in [6.45, 7) is 0. The fourth-order valence-corrected chi connectivity index (χ4v) is 3.48. The van der Waals surface area contributed by atoms with Gasteiger partial charge >= 0.3 is 0 Å². The second-order valence-corrected chi connectivity index (χ2v) is 6.49. The lowest BCUT2D eigenvalue weighted by molar-refractivity contribution is -0.385. The molecule has 6 nitrogen and oxygen atoms in total. The van der Waals surface area contributed by atoms with Crippen LogP contribution in [0.15, 0.2) is 63.2 Å². The lowest BCUT2D eigenvalue weighted by atomic mass is 10.3. The summed E-state index contributed by atoms with van der Waals surface area (Å²) in [5, 5.41) is 15.8. The molecule has 0 saturated carbocycles. The molecule has 0 aliphatic carbocycles. The molecular formula is C12H10N2O4S2. The Bertz CT molecular complexity index is 745. The Hall–Kier alpha value is -1.90. The first-order valence-corrected chi connectivity index (χ1v) is 7.78. The van der Waals surface area contributed by atoms with E-state index >= 15 is 0 Å². The second-order valence-electron chi connectivity index (χ2n) is 3.85. The third kappa shape index (κ3) is 3.35. The van der Waals surface area contributed by atoms with Gasteiger partial charge in [0.1, 0.15) is 4.90 Å². The van der Waals surface area contributed by atoms with Crippen LogP contribution in [-0.2, 0) is 10.0 Å². The first-order valence-electron chi connectivity index (χ1n) is 5.42. The van der Waals surface area contributed by atoms with Gasteiger partial charge in [0, 0.05) is 21.9 Å². The van der Waals surface area contributed by atoms with Crippen LogP contribution in [0.25, 0.3) is 0 Å². The molecule has 0 saturated heterocycles. The van der Waals surface area contributed by atoms with Crippen molar-refractivity contribution in [3.05, 3.63) is 58.6 Å². The molecule has 2 rings (SSSR count). The second kappa shape index (κ2) is 5.61. The number of sulfonamides is 1. The zero-order valence-electron chi connectivity index (χ0n) is 10.1. The lowest BCUT2D eigenvalue weighted by Crippen LogP contribution is -2.13. The van der Waals surface area contributed by atoms with Gasteiger partial charge in [0.25, 0.3) is 5.69 Å². The van der Waals surface area contributed by atoms with Gasteiger partial charge in [-0.1, -0.05) is 30.0 Å². The Kier molecular flexibility index (Phi) is 4.07. The standard InChI is InChI=1S/C12H10N2O4S2/c13-20(17,18)12-8-9(14(15)16)6-7-11(12)19-10-4-2-1-3-5-10/h1-8H,(H2,13,17,18). The SMILES string of the molecule is NS(=O)(=O)c1cc([N+](=O)[O-])ccc1Sc1ccccc1. The Labute approximate surface area is 119 Å². The minimum atomic E-state index is -4.03. The van der Waals surface area contributed by atoms with Crippen molar-refractivity contribution in [1.82, 2.24) is 0 Å². The van der Waals surface area contributed by atoms with Gasteiger partial charge in [0.2, 0.25) is 10.0 Å². The van der Waals surface area contributed by atoms with Crippen LogP contribution >= 0.6 is 11.8 Å². The molecule has 0 atom stereocenters. The highest BCUT2D eigenvalue weighted by molar-refractivity contribution is 8.00. The fourth-order valence-electron chi connectivity index (χ4n) is 1.53. The van der Waals surface area contributed by atoms with E-state index in [9.17, 15) is 18.5 Å². The van der Waals surface area contributed by atoms with E-state index < -0.39 is 14.9 Å². The monoisotopic (exact) mass is 310 g/mol. The molecule has 0 bridgehead atoms. The van der Waals surface area contributed by atoms with Crippen LogP contribution in [-0.4, -0.2) is 13.3 Å². The van der Waals surface area contributed by atoms with Crippen molar-refractivity contribution in [3.8, 4) is 0 Å². The third-order valence-corrected chi connectivity index (χ3v) is 4.58. The van der Waals surface area contributed by atoms with Crippen LogP contribution in [0.5, 0.6) is 0 Å². The molecule has 2 aromatic carbocycles. The minimum Gasteiger partial charge on any atom is -0.258 e. The number of nitrogens with two attached hydrogens (primary N) is 1. The van der Waals surface area contributed by atoms with Gasteiger partial charge in [-0.15, -0.1) is 0 Å². The van der Waals surface area contributed by atoms with Crippen molar-refractivity contribution in [2.75, 3.05) is 0 Å². The van der Waals surface area contributed by atoms with Gasteiger partial charge in [0.05, 0.1) is 4.92 Å². The molecule has 104 valence electrons. The van der Waals surface area contributed by atoms with Crippen molar-refractivity contribution in [2.24, 2.45) is 5.14 Å². The van der Waals surface area contributed by atoms with Gasteiger partial charge in [-0.2, -0.15) is 0 Å². The summed E-state index contributed by atoms with van der Waals surface area (Å²) in [4.78, 5) is 11.0. The maximum atomic E-state index is 11.6. The van der Waals surface area contributed by atoms with E-state index in [1.54, 1.807) is 12.1 Å². The highest BCUT2D eigenvalue weighted by Gasteiger charge is 2.19. The highest BCUT2D eigenvalue weighted by Crippen LogP contribution is 2.34. The van der Waals surface area contributed by atoms with Crippen molar-refractivity contribution in [3.63, 3.8) is 0 Å². The van der Waals surface area contributed by atoms with Crippen molar-refractivity contribution < 1.29 is 13.3 Å². The van der Waals surface area contributed by atoms with Crippen molar-refractivity contribution in [1.29, 1.82) is 0 Å². The van der Waals surface area contributed by atoms with Crippen molar-refractivity contribution in [2.45, 2.75) is 14.7 Å². The van der Waals surface area contributed by atoms with Crippen LogP contribution < -0.4 is 5.14 Å². The molecule has 0 radical (unpaired) electrons. The Morgan fingerprint density at radius 2 is 1.75 bits per heavy atom. The number of nitro groups is 1. The Morgan fingerprint density at radius 3 is 2.30 bits per heavy atom. The molecule has 2 aromatic rings. The van der Waals surface area contributed by atoms with Gasteiger partial charge in [-0.25, -0.2) is 13.6 Å². The molecule has 0 aromatic heterocycles. The fraction of sp³-hybridized carbons (Fsp3) is 0. The van der Waals surface area contributed by atoms with E-state index in [-0.39, 0.29) is 10.6 Å². The number of hydrogen-bond donors (Lipinski definition) is 1. The average molecular weight is 310 g/mol. The van der Waals surface area contributed by atoms with Crippen LogP contribution in [0.3, 0.4) is 0 Å². The van der Waals surface area contributed by atoms with Crippen LogP contribution in [0, 0.1) is 10.1 Å². The average Bonchev–Trinajstić information content (AvgIpc) is 2.39. The zero-order chi connectivity index (χ0) is 14.8. The molecule has 0 spiro atoms. The first-order chi connectivity index (χ1) is 9.38. The molecular weight excluding hydrogens is 300 g/mol. The summed E-state index contributed by atoms with van der Waals surface area (Å²) in [5.41, 5.74) is -0.313. The number of non-ortho nitro benzene ring substituents is 1. The number of nitro benzene ring substituents is 1. The largest absolute Gasteiger partial charge is 0.270 e. The summed E-state index contributed by atoms with van der Waals surface area (Å²) < 4.78 is 23.1. The van der Waals surface area contributed by atoms with E-state index in [0.29, 0.717) is 4.90 Å². The van der Waals surface area contributed by atoms with Crippen LogP contribution in [0.2, 0.25) is 0 Å². The predicted octanol–water partition coefficient (Wildman–Crippen LogP) is 2.39. The van der Waals surface area contributed by atoms with Crippen LogP contribution in [0.4, 0.5) is 5.69 Å². The quantitative estimate of drug-likeness (QED) is 0.690. The molecule has 0 aliphatic heterocycles. The summed E-state index contributed by atoms with van der Waals surface area (Å²) in [7, 11) is -4.03. The predicted molar refractivity (Wildman–Crippen MR) is 75.0 cm³/mol. The highest BCUT2D eigenvalue weighted by atomic mass is 32.2. The van der Waals surface area contributed by atoms with Gasteiger partial charge in [-0.05, 0) is 18.2 Å². The van der Waals surface area contributed by atoms with E-state index in [2.05, 4.69) is 0 Å². The number of hydrogen-bond acceptors (Lipinski definition) is 5. The molecule has 0 aliphatic rings.